The number of aliphatic hydroxyl groups excluding tert-OH is 3. The van der Waals surface area contributed by atoms with Crippen LogP contribution in [0.25, 0.3) is 11.2 Å². The number of halogens is 1. The quantitative estimate of drug-likeness (QED) is 0.0817. The molecule has 0 aliphatic carbocycles. The number of rotatable bonds is 15. The van der Waals surface area contributed by atoms with Gasteiger partial charge in [0.25, 0.3) is 5.60 Å². The van der Waals surface area contributed by atoms with E-state index in [-0.39, 0.29) is 28.8 Å². The molecule has 40 heavy (non-hydrogen) atoms. The number of imidazole rings is 1. The Balaban J connectivity index is 1.90. The van der Waals surface area contributed by atoms with E-state index in [1.165, 1.54) is 10.9 Å². The topological polar surface area (TPSA) is 209 Å². The van der Waals surface area contributed by atoms with Crippen molar-refractivity contribution in [2.24, 2.45) is 0 Å². The minimum atomic E-state index is -2.70. The third-order valence-corrected chi connectivity index (χ3v) is 5.88. The zero-order valence-electron chi connectivity index (χ0n) is 21.2. The SMILES string of the molecule is C#C[C@@H](O)[C@@H](O[C@@H](CO)COC(Cc1ccccc1)(C(=O)O)C(=O)O)n1cnc2c(NC[C@@H](C)O)nc(Cl)nc21. The van der Waals surface area contributed by atoms with Gasteiger partial charge in [-0.1, -0.05) is 36.3 Å². The number of anilines is 1. The molecule has 0 unspecified atom stereocenters. The third-order valence-electron chi connectivity index (χ3n) is 5.71. The van der Waals surface area contributed by atoms with E-state index >= 15 is 0 Å². The van der Waals surface area contributed by atoms with Gasteiger partial charge in [0.1, 0.15) is 6.10 Å². The number of ether oxygens (including phenoxy) is 2. The molecule has 0 saturated carbocycles. The maximum absolute atomic E-state index is 12.1. The number of carboxylic acids is 2. The Bertz CT molecular complexity index is 1350. The monoisotopic (exact) mass is 577 g/mol. The summed E-state index contributed by atoms with van der Waals surface area (Å²) in [5.41, 5.74) is -2.06. The van der Waals surface area contributed by atoms with Crippen molar-refractivity contribution >= 4 is 40.5 Å². The smallest absolute Gasteiger partial charge is 0.348 e. The van der Waals surface area contributed by atoms with Crippen molar-refractivity contribution in [1.82, 2.24) is 19.5 Å². The van der Waals surface area contributed by atoms with Gasteiger partial charge in [-0.15, -0.1) is 6.42 Å². The Morgan fingerprint density at radius 3 is 2.45 bits per heavy atom. The fourth-order valence-electron chi connectivity index (χ4n) is 3.69. The van der Waals surface area contributed by atoms with Crippen molar-refractivity contribution in [3.63, 3.8) is 0 Å². The summed E-state index contributed by atoms with van der Waals surface area (Å²) in [5, 5.41) is 52.4. The van der Waals surface area contributed by atoms with E-state index in [1.807, 2.05) is 0 Å². The molecule has 1 aromatic carbocycles. The highest BCUT2D eigenvalue weighted by Gasteiger charge is 2.49. The minimum absolute atomic E-state index is 0.0690. The zero-order chi connectivity index (χ0) is 29.4. The molecule has 0 spiro atoms. The predicted molar refractivity (Wildman–Crippen MR) is 140 cm³/mol. The molecular formula is C25H28ClN5O9. The molecule has 0 amide bonds. The van der Waals surface area contributed by atoms with Gasteiger partial charge >= 0.3 is 11.9 Å². The number of benzene rings is 1. The number of carbonyl (C=O) groups is 2. The average Bonchev–Trinajstić information content (AvgIpc) is 3.34. The van der Waals surface area contributed by atoms with Crippen LogP contribution in [-0.2, 0) is 25.5 Å². The number of aromatic nitrogens is 4. The lowest BCUT2D eigenvalue weighted by Crippen LogP contribution is -2.52. The maximum atomic E-state index is 12.1. The van der Waals surface area contributed by atoms with Crippen LogP contribution in [0, 0.1) is 12.3 Å². The molecule has 0 aliphatic rings. The second-order valence-corrected chi connectivity index (χ2v) is 9.09. The second-order valence-electron chi connectivity index (χ2n) is 8.75. The molecule has 0 fully saturated rings. The highest BCUT2D eigenvalue weighted by Crippen LogP contribution is 2.27. The first kappa shape index (κ1) is 30.7. The van der Waals surface area contributed by atoms with Crippen molar-refractivity contribution in [1.29, 1.82) is 0 Å². The van der Waals surface area contributed by atoms with Crippen LogP contribution < -0.4 is 5.32 Å². The van der Waals surface area contributed by atoms with Crippen molar-refractivity contribution in [3.8, 4) is 12.3 Å². The molecule has 14 nitrogen and oxygen atoms in total. The number of hydrogen-bond donors (Lipinski definition) is 6. The molecular weight excluding hydrogens is 550 g/mol. The van der Waals surface area contributed by atoms with Crippen LogP contribution in [0.1, 0.15) is 18.7 Å². The lowest BCUT2D eigenvalue weighted by Gasteiger charge is -2.30. The summed E-state index contributed by atoms with van der Waals surface area (Å²) in [5.74, 6) is -1.23. The molecule has 2 aromatic heterocycles. The van der Waals surface area contributed by atoms with Crippen LogP contribution in [0.3, 0.4) is 0 Å². The summed E-state index contributed by atoms with van der Waals surface area (Å²) < 4.78 is 12.4. The third kappa shape index (κ3) is 7.02. The van der Waals surface area contributed by atoms with Gasteiger partial charge in [0.15, 0.2) is 29.3 Å². The van der Waals surface area contributed by atoms with Gasteiger partial charge in [-0.05, 0) is 24.1 Å². The van der Waals surface area contributed by atoms with E-state index in [1.54, 1.807) is 37.3 Å². The van der Waals surface area contributed by atoms with E-state index in [4.69, 9.17) is 27.5 Å². The Morgan fingerprint density at radius 2 is 1.88 bits per heavy atom. The lowest BCUT2D eigenvalue weighted by atomic mass is 9.94. The number of fused-ring (bicyclic) bond motifs is 1. The molecule has 0 bridgehead atoms. The highest BCUT2D eigenvalue weighted by atomic mass is 35.5. The van der Waals surface area contributed by atoms with Gasteiger partial charge < -0.3 is 40.3 Å². The number of nitrogens with zero attached hydrogens (tertiary/aromatic N) is 4. The van der Waals surface area contributed by atoms with Crippen molar-refractivity contribution in [3.05, 3.63) is 47.5 Å². The largest absolute Gasteiger partial charge is 0.479 e. The second kappa shape index (κ2) is 13.5. The van der Waals surface area contributed by atoms with E-state index in [9.17, 15) is 35.1 Å². The first-order valence-corrected chi connectivity index (χ1v) is 12.3. The van der Waals surface area contributed by atoms with Crippen LogP contribution in [0.2, 0.25) is 5.28 Å². The van der Waals surface area contributed by atoms with Crippen LogP contribution in [0.5, 0.6) is 0 Å². The Labute approximate surface area is 233 Å². The summed E-state index contributed by atoms with van der Waals surface area (Å²) in [4.78, 5) is 36.6. The first-order valence-electron chi connectivity index (χ1n) is 11.9. The Kier molecular flexibility index (Phi) is 10.3. The first-order chi connectivity index (χ1) is 19.0. The fourth-order valence-corrected chi connectivity index (χ4v) is 3.85. The van der Waals surface area contributed by atoms with E-state index in [0.29, 0.717) is 5.56 Å². The zero-order valence-corrected chi connectivity index (χ0v) is 22.0. The number of carboxylic acid groups (broad SMARTS) is 2. The van der Waals surface area contributed by atoms with Crippen molar-refractivity contribution in [2.75, 3.05) is 25.1 Å². The van der Waals surface area contributed by atoms with Gasteiger partial charge in [-0.2, -0.15) is 9.97 Å². The number of hydrogen-bond acceptors (Lipinski definition) is 11. The van der Waals surface area contributed by atoms with Crippen molar-refractivity contribution < 1.29 is 44.6 Å². The average molecular weight is 578 g/mol. The molecule has 0 saturated heterocycles. The normalized spacial score (nSPS) is 14.7. The molecule has 2 heterocycles. The minimum Gasteiger partial charge on any atom is -0.479 e. The van der Waals surface area contributed by atoms with Gasteiger partial charge in [0, 0.05) is 13.0 Å². The summed E-state index contributed by atoms with van der Waals surface area (Å²) in [7, 11) is 0. The molecule has 0 aliphatic heterocycles. The molecule has 0 radical (unpaired) electrons. The van der Waals surface area contributed by atoms with Crippen LogP contribution in [-0.4, -0.2) is 101 Å². The number of aliphatic carboxylic acids is 2. The number of terminal acetylenes is 1. The Hall–Kier alpha value is -3.84. The highest BCUT2D eigenvalue weighted by molar-refractivity contribution is 6.28. The maximum Gasteiger partial charge on any atom is 0.348 e. The Morgan fingerprint density at radius 1 is 1.20 bits per heavy atom. The fraction of sp³-hybridized carbons (Fsp3) is 0.400. The molecule has 214 valence electrons. The van der Waals surface area contributed by atoms with E-state index in [0.717, 1.165) is 0 Å². The summed E-state index contributed by atoms with van der Waals surface area (Å²) in [6.45, 7) is 0.195. The molecule has 6 N–H and O–H groups in total. The standard InChI is InChI=1S/C25H28ClN5O9/c1-3-17(34)21(31-13-28-18-19(27-10-14(2)33)29-24(26)30-20(18)31)40-16(11-32)12-39-25(22(35)36,23(37)38)9-15-7-5-4-6-8-15/h1,4-8,13-14,16-17,21,32-34H,9-12H2,2H3,(H,35,36)(H,37,38)(H,27,29,30)/t14-,16+,17-,21-/m1/s1. The lowest BCUT2D eigenvalue weighted by molar-refractivity contribution is -0.195. The van der Waals surface area contributed by atoms with E-state index < -0.39 is 61.7 Å². The number of nitrogens with one attached hydrogen (secondary N) is 1. The number of aliphatic hydroxyl groups is 3. The summed E-state index contributed by atoms with van der Waals surface area (Å²) in [6, 6.07) is 8.01. The molecule has 3 rings (SSSR count). The predicted octanol–water partition coefficient (Wildman–Crippen LogP) is 0.310. The summed E-state index contributed by atoms with van der Waals surface area (Å²) >= 11 is 6.06. The van der Waals surface area contributed by atoms with Gasteiger partial charge in [-0.25, -0.2) is 14.6 Å². The van der Waals surface area contributed by atoms with Gasteiger partial charge in [0.2, 0.25) is 5.28 Å². The van der Waals surface area contributed by atoms with Gasteiger partial charge in [-0.3, -0.25) is 4.57 Å². The summed E-state index contributed by atoms with van der Waals surface area (Å²) in [6.07, 6.45) is 0.962. The van der Waals surface area contributed by atoms with Gasteiger partial charge in [0.05, 0.1) is 25.6 Å². The molecule has 3 aromatic rings. The molecule has 4 atom stereocenters. The van der Waals surface area contributed by atoms with Crippen molar-refractivity contribution in [2.45, 2.75) is 43.5 Å². The van der Waals surface area contributed by atoms with Crippen LogP contribution in [0.15, 0.2) is 36.7 Å². The molecule has 15 heteroatoms. The van der Waals surface area contributed by atoms with Crippen LogP contribution in [0.4, 0.5) is 5.82 Å². The van der Waals surface area contributed by atoms with Crippen LogP contribution >= 0.6 is 11.6 Å². The van der Waals surface area contributed by atoms with E-state index in [2.05, 4.69) is 26.2 Å².